The van der Waals surface area contributed by atoms with Gasteiger partial charge in [-0.05, 0) is 86.3 Å². The predicted molar refractivity (Wildman–Crippen MR) is 179 cm³/mol. The third-order valence-electron chi connectivity index (χ3n) is 6.51. The molecule has 0 aliphatic carbocycles. The molecule has 0 aliphatic rings. The molecule has 4 rings (SSSR count). The van der Waals surface area contributed by atoms with E-state index in [0.29, 0.717) is 23.2 Å². The molecule has 0 heterocycles. The molecule has 0 aromatic heterocycles. The van der Waals surface area contributed by atoms with E-state index in [9.17, 15) is 21.9 Å². The number of phenols is 1. The van der Waals surface area contributed by atoms with E-state index in [2.05, 4.69) is 0 Å². The van der Waals surface area contributed by atoms with Crippen molar-refractivity contribution in [3.05, 3.63) is 107 Å². The smallest absolute Gasteiger partial charge is 0.339 e. The Labute approximate surface area is 272 Å². The molecule has 8 nitrogen and oxygen atoms in total. The number of ether oxygens (including phenoxy) is 2. The summed E-state index contributed by atoms with van der Waals surface area (Å²) in [6.45, 7) is 11.8. The first-order chi connectivity index (χ1) is 21.0. The fraction of sp³-hybridized carbons (Fsp3) is 0.294. The molecule has 0 bridgehead atoms. The average molecular weight is 677 g/mol. The van der Waals surface area contributed by atoms with E-state index in [0.717, 1.165) is 28.0 Å². The first kappa shape index (κ1) is 37.5. The minimum Gasteiger partial charge on any atom is -0.508 e. The number of rotatable bonds is 8. The Morgan fingerprint density at radius 2 is 1.04 bits per heavy atom. The van der Waals surface area contributed by atoms with Gasteiger partial charge in [-0.15, -0.1) is 0 Å². The second-order valence-corrected chi connectivity index (χ2v) is 14.9. The standard InChI is InChI=1S/C17H20O4S.C10H14O2.C7H7ClO2S/c1-12(2)16-11-14(20-4)7-10-17(16)21-22(18,19)15-8-5-13(3)6-9-15;1-7(2)9-6-8(12-3)4-5-10(9)11;1-6-2-4-7(5-3-6)11(8,9)10/h5-12H,1-4H3;4-7,11H,1-3H3;2-5H,1H3. The topological polar surface area (TPSA) is 116 Å². The van der Waals surface area contributed by atoms with Gasteiger partial charge >= 0.3 is 10.1 Å². The highest BCUT2D eigenvalue weighted by Gasteiger charge is 2.20. The molecule has 0 unspecified atom stereocenters. The second-order valence-electron chi connectivity index (χ2n) is 10.7. The summed E-state index contributed by atoms with van der Waals surface area (Å²) >= 11 is 0. The van der Waals surface area contributed by atoms with Gasteiger partial charge in [-0.3, -0.25) is 0 Å². The molecule has 1 N–H and O–H groups in total. The maximum Gasteiger partial charge on any atom is 0.339 e. The van der Waals surface area contributed by atoms with E-state index in [1.165, 1.54) is 12.1 Å². The number of phenolic OH excluding ortho intramolecular Hbond substituents is 1. The van der Waals surface area contributed by atoms with Crippen LogP contribution in [0.5, 0.6) is 23.0 Å². The van der Waals surface area contributed by atoms with Crippen LogP contribution in [0.2, 0.25) is 0 Å². The number of aromatic hydroxyl groups is 1. The first-order valence-electron chi connectivity index (χ1n) is 14.1. The number of methoxy groups -OCH3 is 2. The number of benzene rings is 4. The van der Waals surface area contributed by atoms with Crippen molar-refractivity contribution >= 4 is 29.9 Å². The molecule has 4 aromatic rings. The Balaban J connectivity index is 0.000000259. The molecule has 4 aromatic carbocycles. The lowest BCUT2D eigenvalue weighted by Gasteiger charge is -2.15. The van der Waals surface area contributed by atoms with E-state index >= 15 is 0 Å². The summed E-state index contributed by atoms with van der Waals surface area (Å²) in [6.07, 6.45) is 0. The summed E-state index contributed by atoms with van der Waals surface area (Å²) in [4.78, 5) is 0.286. The normalized spacial score (nSPS) is 11.2. The lowest BCUT2D eigenvalue weighted by molar-refractivity contribution is 0.410. The summed E-state index contributed by atoms with van der Waals surface area (Å²) in [5, 5.41) is 9.45. The average Bonchev–Trinajstić information content (AvgIpc) is 2.98. The van der Waals surface area contributed by atoms with E-state index in [4.69, 9.17) is 24.3 Å². The molecule has 0 amide bonds. The molecule has 0 radical (unpaired) electrons. The molecule has 45 heavy (non-hydrogen) atoms. The number of hydrogen-bond acceptors (Lipinski definition) is 8. The summed E-state index contributed by atoms with van der Waals surface area (Å²) in [5.74, 6) is 2.56. The molecule has 0 aliphatic heterocycles. The van der Waals surface area contributed by atoms with Crippen LogP contribution in [-0.2, 0) is 19.2 Å². The maximum atomic E-state index is 12.4. The van der Waals surface area contributed by atoms with Gasteiger partial charge < -0.3 is 18.8 Å². The van der Waals surface area contributed by atoms with Crippen molar-refractivity contribution in [1.29, 1.82) is 0 Å². The molecular weight excluding hydrogens is 636 g/mol. The van der Waals surface area contributed by atoms with Crippen molar-refractivity contribution in [3.63, 3.8) is 0 Å². The predicted octanol–water partition coefficient (Wildman–Crippen LogP) is 8.34. The Morgan fingerprint density at radius 1 is 0.622 bits per heavy atom. The van der Waals surface area contributed by atoms with E-state index in [-0.39, 0.29) is 15.7 Å². The van der Waals surface area contributed by atoms with Crippen molar-refractivity contribution in [2.45, 2.75) is 63.2 Å². The molecule has 0 saturated carbocycles. The molecule has 0 fully saturated rings. The largest absolute Gasteiger partial charge is 0.508 e. The zero-order valence-electron chi connectivity index (χ0n) is 26.7. The van der Waals surface area contributed by atoms with Crippen LogP contribution in [0.4, 0.5) is 0 Å². The minimum absolute atomic E-state index is 0.110. The zero-order chi connectivity index (χ0) is 33.9. The third-order valence-corrected chi connectivity index (χ3v) is 9.13. The van der Waals surface area contributed by atoms with Gasteiger partial charge in [-0.25, -0.2) is 8.42 Å². The molecular formula is C34H41ClO8S2. The van der Waals surface area contributed by atoms with Gasteiger partial charge in [-0.1, -0.05) is 63.1 Å². The number of hydrogen-bond donors (Lipinski definition) is 1. The first-order valence-corrected chi connectivity index (χ1v) is 17.8. The Hall–Kier alpha value is -3.73. The fourth-order valence-electron chi connectivity index (χ4n) is 3.87. The van der Waals surface area contributed by atoms with Crippen LogP contribution >= 0.6 is 10.7 Å². The SMILES string of the molecule is COc1ccc(O)c(C(C)C)c1.COc1ccc(OS(=O)(=O)c2ccc(C)cc2)c(C(C)C)c1.Cc1ccc(S(=O)(=O)Cl)cc1. The van der Waals surface area contributed by atoms with Gasteiger partial charge in [0.05, 0.1) is 19.1 Å². The number of halogens is 1. The summed E-state index contributed by atoms with van der Waals surface area (Å²) < 4.78 is 61.8. The molecule has 11 heteroatoms. The monoisotopic (exact) mass is 676 g/mol. The van der Waals surface area contributed by atoms with Crippen LogP contribution in [-0.4, -0.2) is 36.2 Å². The molecule has 0 saturated heterocycles. The molecule has 0 spiro atoms. The maximum absolute atomic E-state index is 12.4. The van der Waals surface area contributed by atoms with Crippen LogP contribution in [0.15, 0.2) is 94.7 Å². The fourth-order valence-corrected chi connectivity index (χ4v) is 5.60. The summed E-state index contributed by atoms with van der Waals surface area (Å²) in [6, 6.07) is 23.3. The summed E-state index contributed by atoms with van der Waals surface area (Å²) in [7, 11) is 0.883. The van der Waals surface area contributed by atoms with Gasteiger partial charge in [0.15, 0.2) is 0 Å². The van der Waals surface area contributed by atoms with Gasteiger partial charge in [0, 0.05) is 21.8 Å². The lowest BCUT2D eigenvalue weighted by atomic mass is 10.0. The van der Waals surface area contributed by atoms with Crippen LogP contribution in [0.1, 0.15) is 61.8 Å². The van der Waals surface area contributed by atoms with Crippen molar-refractivity contribution in [2.24, 2.45) is 0 Å². The van der Waals surface area contributed by atoms with E-state index in [1.54, 1.807) is 80.9 Å². The Kier molecular flexibility index (Phi) is 13.8. The van der Waals surface area contributed by atoms with E-state index in [1.807, 2.05) is 47.6 Å². The highest BCUT2D eigenvalue weighted by atomic mass is 35.7. The van der Waals surface area contributed by atoms with Gasteiger partial charge in [-0.2, -0.15) is 8.42 Å². The van der Waals surface area contributed by atoms with E-state index < -0.39 is 19.2 Å². The highest BCUT2D eigenvalue weighted by Crippen LogP contribution is 2.32. The van der Waals surface area contributed by atoms with Crippen molar-refractivity contribution < 1.29 is 35.6 Å². The number of aryl methyl sites for hydroxylation is 2. The minimum atomic E-state index is -3.85. The van der Waals surface area contributed by atoms with Crippen molar-refractivity contribution in [2.75, 3.05) is 14.2 Å². The second kappa shape index (κ2) is 16.5. The van der Waals surface area contributed by atoms with Gasteiger partial charge in [0.1, 0.15) is 27.9 Å². The zero-order valence-corrected chi connectivity index (χ0v) is 29.1. The van der Waals surface area contributed by atoms with Crippen LogP contribution in [0.3, 0.4) is 0 Å². The third kappa shape index (κ3) is 11.6. The quantitative estimate of drug-likeness (QED) is 0.146. The van der Waals surface area contributed by atoms with Crippen LogP contribution < -0.4 is 13.7 Å². The van der Waals surface area contributed by atoms with Crippen molar-refractivity contribution in [3.8, 4) is 23.0 Å². The lowest BCUT2D eigenvalue weighted by Crippen LogP contribution is -2.11. The highest BCUT2D eigenvalue weighted by molar-refractivity contribution is 8.13. The van der Waals surface area contributed by atoms with Gasteiger partial charge in [0.2, 0.25) is 0 Å². The molecule has 244 valence electrons. The van der Waals surface area contributed by atoms with Crippen LogP contribution in [0.25, 0.3) is 0 Å². The summed E-state index contributed by atoms with van der Waals surface area (Å²) in [5.41, 5.74) is 3.71. The Bertz CT molecular complexity index is 1750. The Morgan fingerprint density at radius 3 is 1.47 bits per heavy atom. The van der Waals surface area contributed by atoms with Crippen LogP contribution in [0, 0.1) is 13.8 Å². The van der Waals surface area contributed by atoms with Gasteiger partial charge in [0.25, 0.3) is 9.05 Å². The van der Waals surface area contributed by atoms with Crippen molar-refractivity contribution in [1.82, 2.24) is 0 Å². The molecule has 0 atom stereocenters.